The van der Waals surface area contributed by atoms with Crippen molar-refractivity contribution in [3.8, 4) is 0 Å². The fourth-order valence-corrected chi connectivity index (χ4v) is 0.505. The molecule has 0 amide bonds. The maximum Gasteiger partial charge on any atom is 0.319 e. The Kier molecular flexibility index (Phi) is 20.2. The monoisotopic (exact) mass is 218 g/mol. The van der Waals surface area contributed by atoms with Gasteiger partial charge in [0.1, 0.15) is 0 Å². The first-order valence-electron chi connectivity index (χ1n) is 3.37. The zero-order chi connectivity index (χ0) is 7.82. The van der Waals surface area contributed by atoms with Crippen LogP contribution in [-0.2, 0) is 9.53 Å². The van der Waals surface area contributed by atoms with Crippen molar-refractivity contribution in [2.75, 3.05) is 26.2 Å². The molecule has 0 rings (SSSR count). The number of rotatable bonds is 5. The molecule has 0 aliphatic carbocycles. The first kappa shape index (κ1) is 17.9. The van der Waals surface area contributed by atoms with Gasteiger partial charge in [0.2, 0.25) is 0 Å². The van der Waals surface area contributed by atoms with E-state index in [1.807, 2.05) is 0 Å². The molecule has 0 fully saturated rings. The molecule has 0 spiro atoms. The minimum atomic E-state index is -0.226. The normalized spacial score (nSPS) is 7.83. The maximum atomic E-state index is 10.6. The van der Waals surface area contributed by atoms with E-state index in [2.05, 4.69) is 10.1 Å². The molecule has 12 heavy (non-hydrogen) atoms. The van der Waals surface area contributed by atoms with Crippen molar-refractivity contribution < 1.29 is 9.53 Å². The predicted octanol–water partition coefficient (Wildman–Crippen LogP) is -0.0586. The molecule has 0 saturated carbocycles. The molecule has 0 aliphatic heterocycles. The summed E-state index contributed by atoms with van der Waals surface area (Å²) in [7, 11) is 0. The van der Waals surface area contributed by atoms with Gasteiger partial charge in [0.25, 0.3) is 0 Å². The lowest BCUT2D eigenvalue weighted by atomic mass is 10.6. The van der Waals surface area contributed by atoms with E-state index in [0.29, 0.717) is 19.7 Å². The molecular weight excluding hydrogens is 203 g/mol. The molecule has 0 aromatic rings. The van der Waals surface area contributed by atoms with Gasteiger partial charge in [-0.15, -0.1) is 24.8 Å². The molecule has 0 heterocycles. The van der Waals surface area contributed by atoms with Crippen LogP contribution in [-0.4, -0.2) is 32.2 Å². The van der Waals surface area contributed by atoms with Crippen LogP contribution in [0.15, 0.2) is 0 Å². The molecule has 0 aliphatic rings. The first-order chi connectivity index (χ1) is 4.81. The molecule has 0 radical (unpaired) electrons. The summed E-state index contributed by atoms with van der Waals surface area (Å²) in [5.74, 6) is -0.226. The summed E-state index contributed by atoms with van der Waals surface area (Å²) < 4.78 is 4.65. The van der Waals surface area contributed by atoms with Gasteiger partial charge in [-0.1, -0.05) is 0 Å². The Hall–Kier alpha value is -0.0300. The van der Waals surface area contributed by atoms with Crippen molar-refractivity contribution in [2.45, 2.75) is 6.92 Å². The zero-order valence-corrected chi connectivity index (χ0v) is 8.67. The summed E-state index contributed by atoms with van der Waals surface area (Å²) in [5, 5.41) is 2.82. The van der Waals surface area contributed by atoms with Crippen LogP contribution in [0.5, 0.6) is 0 Å². The number of carbonyl (C=O) groups excluding carboxylic acids is 1. The highest BCUT2D eigenvalue weighted by molar-refractivity contribution is 5.85. The largest absolute Gasteiger partial charge is 0.465 e. The lowest BCUT2D eigenvalue weighted by Gasteiger charge is -2.01. The van der Waals surface area contributed by atoms with Crippen LogP contribution in [0.1, 0.15) is 6.92 Å². The highest BCUT2D eigenvalue weighted by Gasteiger charge is 1.97. The van der Waals surface area contributed by atoms with Gasteiger partial charge in [-0.3, -0.25) is 4.79 Å². The van der Waals surface area contributed by atoms with Crippen molar-refractivity contribution in [3.05, 3.63) is 0 Å². The highest BCUT2D eigenvalue weighted by Crippen LogP contribution is 1.73. The van der Waals surface area contributed by atoms with E-state index < -0.39 is 0 Å². The Labute approximate surface area is 85.0 Å². The lowest BCUT2D eigenvalue weighted by Crippen LogP contribution is -2.29. The lowest BCUT2D eigenvalue weighted by molar-refractivity contribution is -0.141. The summed E-state index contributed by atoms with van der Waals surface area (Å²) >= 11 is 0. The minimum absolute atomic E-state index is 0. The molecule has 0 saturated heterocycles. The second-order valence-corrected chi connectivity index (χ2v) is 1.77. The van der Waals surface area contributed by atoms with Crippen molar-refractivity contribution >= 4 is 30.8 Å². The molecule has 0 bridgehead atoms. The van der Waals surface area contributed by atoms with Crippen LogP contribution in [0.4, 0.5) is 0 Å². The van der Waals surface area contributed by atoms with E-state index in [-0.39, 0.29) is 37.3 Å². The molecule has 3 N–H and O–H groups in total. The Balaban J connectivity index is -0.000000405. The van der Waals surface area contributed by atoms with Crippen LogP contribution < -0.4 is 11.1 Å². The van der Waals surface area contributed by atoms with E-state index in [0.717, 1.165) is 0 Å². The fourth-order valence-electron chi connectivity index (χ4n) is 0.505. The topological polar surface area (TPSA) is 64.3 Å². The van der Waals surface area contributed by atoms with E-state index in [4.69, 9.17) is 5.73 Å². The summed E-state index contributed by atoms with van der Waals surface area (Å²) in [5.41, 5.74) is 5.17. The highest BCUT2D eigenvalue weighted by atomic mass is 35.5. The molecule has 6 heteroatoms. The van der Waals surface area contributed by atoms with Crippen molar-refractivity contribution in [1.29, 1.82) is 0 Å². The summed E-state index contributed by atoms with van der Waals surface area (Å²) in [6.45, 7) is 3.66. The molecular formula is C6H16Cl2N2O2. The SMILES string of the molecule is CCOC(=O)CNCCN.Cl.Cl. The summed E-state index contributed by atoms with van der Waals surface area (Å²) in [6, 6.07) is 0. The van der Waals surface area contributed by atoms with E-state index in [1.165, 1.54) is 0 Å². The third-order valence-corrected chi connectivity index (χ3v) is 0.896. The van der Waals surface area contributed by atoms with E-state index in [9.17, 15) is 4.79 Å². The number of halogens is 2. The van der Waals surface area contributed by atoms with Gasteiger partial charge >= 0.3 is 5.97 Å². The average Bonchev–Trinajstić information content (AvgIpc) is 1.89. The maximum absolute atomic E-state index is 10.6. The van der Waals surface area contributed by atoms with Crippen molar-refractivity contribution in [3.63, 3.8) is 0 Å². The van der Waals surface area contributed by atoms with Gasteiger partial charge in [-0.2, -0.15) is 0 Å². The third kappa shape index (κ3) is 12.6. The summed E-state index contributed by atoms with van der Waals surface area (Å²) in [4.78, 5) is 10.6. The summed E-state index contributed by atoms with van der Waals surface area (Å²) in [6.07, 6.45) is 0. The number of hydrogen-bond donors (Lipinski definition) is 2. The molecule has 76 valence electrons. The van der Waals surface area contributed by atoms with Crippen LogP contribution in [0.25, 0.3) is 0 Å². The Bertz CT molecular complexity index is 104. The van der Waals surface area contributed by atoms with Gasteiger partial charge in [0.05, 0.1) is 13.2 Å². The zero-order valence-electron chi connectivity index (χ0n) is 7.04. The minimum Gasteiger partial charge on any atom is -0.465 e. The van der Waals surface area contributed by atoms with E-state index >= 15 is 0 Å². The number of nitrogens with one attached hydrogen (secondary N) is 1. The van der Waals surface area contributed by atoms with E-state index in [1.54, 1.807) is 6.92 Å². The number of nitrogens with two attached hydrogens (primary N) is 1. The predicted molar refractivity (Wildman–Crippen MR) is 53.1 cm³/mol. The number of esters is 1. The Morgan fingerprint density at radius 1 is 1.50 bits per heavy atom. The molecule has 0 unspecified atom stereocenters. The van der Waals surface area contributed by atoms with Gasteiger partial charge in [-0.25, -0.2) is 0 Å². The third-order valence-electron chi connectivity index (χ3n) is 0.896. The second-order valence-electron chi connectivity index (χ2n) is 1.77. The van der Waals surface area contributed by atoms with Gasteiger partial charge < -0.3 is 15.8 Å². The molecule has 4 nitrogen and oxygen atoms in total. The standard InChI is InChI=1S/C6H14N2O2.2ClH/c1-2-10-6(9)5-8-4-3-7;;/h8H,2-5,7H2,1H3;2*1H. The second kappa shape index (κ2) is 13.6. The van der Waals surface area contributed by atoms with Crippen molar-refractivity contribution in [2.24, 2.45) is 5.73 Å². The number of carbonyl (C=O) groups is 1. The van der Waals surface area contributed by atoms with Gasteiger partial charge in [-0.05, 0) is 6.92 Å². The molecule has 0 atom stereocenters. The average molecular weight is 219 g/mol. The molecule has 0 aromatic carbocycles. The smallest absolute Gasteiger partial charge is 0.319 e. The van der Waals surface area contributed by atoms with Crippen LogP contribution in [0.2, 0.25) is 0 Å². The van der Waals surface area contributed by atoms with Crippen LogP contribution in [0, 0.1) is 0 Å². The van der Waals surface area contributed by atoms with Crippen molar-refractivity contribution in [1.82, 2.24) is 5.32 Å². The number of ether oxygens (including phenoxy) is 1. The first-order valence-corrected chi connectivity index (χ1v) is 3.37. The van der Waals surface area contributed by atoms with Gasteiger partial charge in [0, 0.05) is 13.1 Å². The molecule has 0 aromatic heterocycles. The Morgan fingerprint density at radius 3 is 2.50 bits per heavy atom. The fraction of sp³-hybridized carbons (Fsp3) is 0.833. The Morgan fingerprint density at radius 2 is 2.08 bits per heavy atom. The quantitative estimate of drug-likeness (QED) is 0.502. The van der Waals surface area contributed by atoms with Crippen LogP contribution in [0.3, 0.4) is 0 Å². The van der Waals surface area contributed by atoms with Gasteiger partial charge in [0.15, 0.2) is 0 Å². The van der Waals surface area contributed by atoms with Crippen LogP contribution >= 0.6 is 24.8 Å². The number of hydrogen-bond acceptors (Lipinski definition) is 4.